The summed E-state index contributed by atoms with van der Waals surface area (Å²) in [7, 11) is 0. The Balaban J connectivity index is 1.67. The van der Waals surface area contributed by atoms with Crippen molar-refractivity contribution < 1.29 is 9.53 Å². The van der Waals surface area contributed by atoms with Gasteiger partial charge >= 0.3 is 0 Å². The molecule has 1 aromatic carbocycles. The number of pyridine rings is 1. The van der Waals surface area contributed by atoms with Crippen molar-refractivity contribution in [2.45, 2.75) is 26.5 Å². The van der Waals surface area contributed by atoms with Gasteiger partial charge in [0.1, 0.15) is 12.4 Å². The number of hydrogen-bond acceptors (Lipinski definition) is 4. The van der Waals surface area contributed by atoms with Gasteiger partial charge in [-0.05, 0) is 43.7 Å². The summed E-state index contributed by atoms with van der Waals surface area (Å²) in [4.78, 5) is 18.9. The minimum Gasteiger partial charge on any atom is -0.487 e. The van der Waals surface area contributed by atoms with Gasteiger partial charge in [0.05, 0.1) is 6.20 Å². The minimum atomic E-state index is 0.0860. The van der Waals surface area contributed by atoms with E-state index in [9.17, 15) is 4.79 Å². The molecule has 2 heterocycles. The summed E-state index contributed by atoms with van der Waals surface area (Å²) in [5, 5.41) is 3.30. The molecule has 1 atom stereocenters. The van der Waals surface area contributed by atoms with E-state index in [4.69, 9.17) is 4.74 Å². The monoisotopic (exact) mass is 325 g/mol. The maximum Gasteiger partial charge on any atom is 0.254 e. The first kappa shape index (κ1) is 16.5. The molecule has 1 N–H and O–H groups in total. The average Bonchev–Trinajstić information content (AvgIpc) is 2.61. The molecular formula is C19H23N3O2. The van der Waals surface area contributed by atoms with E-state index in [1.165, 1.54) is 0 Å². The van der Waals surface area contributed by atoms with Crippen molar-refractivity contribution in [3.8, 4) is 5.75 Å². The third-order valence-electron chi connectivity index (χ3n) is 4.23. The van der Waals surface area contributed by atoms with Gasteiger partial charge in [0.25, 0.3) is 5.91 Å². The van der Waals surface area contributed by atoms with E-state index in [-0.39, 0.29) is 11.9 Å². The number of amides is 1. The van der Waals surface area contributed by atoms with Crippen molar-refractivity contribution in [2.24, 2.45) is 0 Å². The van der Waals surface area contributed by atoms with Crippen molar-refractivity contribution in [2.75, 3.05) is 19.6 Å². The van der Waals surface area contributed by atoms with E-state index in [0.29, 0.717) is 12.2 Å². The predicted molar refractivity (Wildman–Crippen MR) is 93.1 cm³/mol. The molecule has 0 spiro atoms. The van der Waals surface area contributed by atoms with E-state index >= 15 is 0 Å². The molecule has 1 fully saturated rings. The fourth-order valence-corrected chi connectivity index (χ4v) is 2.81. The van der Waals surface area contributed by atoms with E-state index in [1.54, 1.807) is 6.20 Å². The molecule has 1 aromatic heterocycles. The zero-order chi connectivity index (χ0) is 16.9. The molecule has 3 rings (SSSR count). The number of piperazine rings is 1. The summed E-state index contributed by atoms with van der Waals surface area (Å²) < 4.78 is 5.75. The smallest absolute Gasteiger partial charge is 0.254 e. The molecule has 5 nitrogen and oxygen atoms in total. The van der Waals surface area contributed by atoms with Gasteiger partial charge in [-0.25, -0.2) is 0 Å². The lowest BCUT2D eigenvalue weighted by molar-refractivity contribution is 0.0655. The third kappa shape index (κ3) is 3.92. The van der Waals surface area contributed by atoms with Crippen molar-refractivity contribution in [3.05, 3.63) is 59.4 Å². The second kappa shape index (κ2) is 7.45. The SMILES string of the molecule is Cc1ccc(OCc2cccc(C(=O)N3CCNCC3C)c2)cn1. The number of aromatic nitrogens is 1. The van der Waals surface area contributed by atoms with Crippen LogP contribution in [0.2, 0.25) is 0 Å². The molecule has 126 valence electrons. The standard InChI is InChI=1S/C19H23N3O2/c1-14-6-7-18(12-21-14)24-13-16-4-3-5-17(10-16)19(23)22-9-8-20-11-15(22)2/h3-7,10,12,15,20H,8-9,11,13H2,1-2H3. The van der Waals surface area contributed by atoms with Crippen LogP contribution in [0, 0.1) is 6.92 Å². The van der Waals surface area contributed by atoms with Gasteiger partial charge in [-0.2, -0.15) is 0 Å². The zero-order valence-electron chi connectivity index (χ0n) is 14.2. The maximum atomic E-state index is 12.7. The van der Waals surface area contributed by atoms with Crippen LogP contribution in [-0.2, 0) is 6.61 Å². The van der Waals surface area contributed by atoms with Crippen LogP contribution in [0.1, 0.15) is 28.5 Å². The average molecular weight is 325 g/mol. The summed E-state index contributed by atoms with van der Waals surface area (Å²) in [6, 6.07) is 11.7. The Hall–Kier alpha value is -2.40. The van der Waals surface area contributed by atoms with Crippen molar-refractivity contribution in [1.82, 2.24) is 15.2 Å². The Labute approximate surface area is 142 Å². The lowest BCUT2D eigenvalue weighted by atomic mass is 10.1. The summed E-state index contributed by atoms with van der Waals surface area (Å²) in [6.45, 7) is 6.87. The number of ether oxygens (including phenoxy) is 1. The summed E-state index contributed by atoms with van der Waals surface area (Å²) >= 11 is 0. The Morgan fingerprint density at radius 1 is 1.38 bits per heavy atom. The highest BCUT2D eigenvalue weighted by molar-refractivity contribution is 5.94. The van der Waals surface area contributed by atoms with E-state index in [0.717, 1.165) is 36.6 Å². The van der Waals surface area contributed by atoms with Crippen molar-refractivity contribution in [3.63, 3.8) is 0 Å². The van der Waals surface area contributed by atoms with Gasteiger partial charge in [-0.1, -0.05) is 12.1 Å². The van der Waals surface area contributed by atoms with Gasteiger partial charge in [0, 0.05) is 36.9 Å². The molecule has 0 bridgehead atoms. The highest BCUT2D eigenvalue weighted by atomic mass is 16.5. The number of nitrogens with zero attached hydrogens (tertiary/aromatic N) is 2. The van der Waals surface area contributed by atoms with Crippen molar-refractivity contribution >= 4 is 5.91 Å². The molecule has 1 aliphatic rings. The van der Waals surface area contributed by atoms with Crippen LogP contribution in [0.4, 0.5) is 0 Å². The van der Waals surface area contributed by atoms with Gasteiger partial charge < -0.3 is 15.0 Å². The topological polar surface area (TPSA) is 54.5 Å². The fourth-order valence-electron chi connectivity index (χ4n) is 2.81. The zero-order valence-corrected chi connectivity index (χ0v) is 14.2. The lowest BCUT2D eigenvalue weighted by Crippen LogP contribution is -2.52. The van der Waals surface area contributed by atoms with E-state index < -0.39 is 0 Å². The predicted octanol–water partition coefficient (Wildman–Crippen LogP) is 2.40. The number of carbonyl (C=O) groups is 1. The van der Waals surface area contributed by atoms with Crippen LogP contribution in [0.25, 0.3) is 0 Å². The highest BCUT2D eigenvalue weighted by Crippen LogP contribution is 2.15. The van der Waals surface area contributed by atoms with Crippen LogP contribution >= 0.6 is 0 Å². The number of benzene rings is 1. The van der Waals surface area contributed by atoms with Crippen LogP contribution in [-0.4, -0.2) is 41.5 Å². The highest BCUT2D eigenvalue weighted by Gasteiger charge is 2.23. The first-order valence-corrected chi connectivity index (χ1v) is 8.29. The molecule has 1 aliphatic heterocycles. The minimum absolute atomic E-state index is 0.0860. The second-order valence-electron chi connectivity index (χ2n) is 6.18. The number of aryl methyl sites for hydroxylation is 1. The Morgan fingerprint density at radius 3 is 3.00 bits per heavy atom. The molecular weight excluding hydrogens is 302 g/mol. The second-order valence-corrected chi connectivity index (χ2v) is 6.18. The molecule has 5 heteroatoms. The Bertz CT molecular complexity index is 700. The van der Waals surface area contributed by atoms with Crippen LogP contribution in [0.3, 0.4) is 0 Å². The largest absolute Gasteiger partial charge is 0.487 e. The molecule has 1 amide bonds. The number of nitrogens with one attached hydrogen (secondary N) is 1. The van der Waals surface area contributed by atoms with Crippen LogP contribution in [0.5, 0.6) is 5.75 Å². The lowest BCUT2D eigenvalue weighted by Gasteiger charge is -2.34. The first-order chi connectivity index (χ1) is 11.6. The molecule has 0 aliphatic carbocycles. The van der Waals surface area contributed by atoms with Crippen LogP contribution < -0.4 is 10.1 Å². The van der Waals surface area contributed by atoms with Gasteiger partial charge in [-0.15, -0.1) is 0 Å². The number of carbonyl (C=O) groups excluding carboxylic acids is 1. The Kier molecular flexibility index (Phi) is 5.11. The van der Waals surface area contributed by atoms with Crippen molar-refractivity contribution in [1.29, 1.82) is 0 Å². The summed E-state index contributed by atoms with van der Waals surface area (Å²) in [6.07, 6.45) is 1.72. The number of hydrogen-bond donors (Lipinski definition) is 1. The first-order valence-electron chi connectivity index (χ1n) is 8.29. The number of rotatable bonds is 4. The molecule has 1 saturated heterocycles. The van der Waals surface area contributed by atoms with Crippen LogP contribution in [0.15, 0.2) is 42.6 Å². The fraction of sp³-hybridized carbons (Fsp3) is 0.368. The Morgan fingerprint density at radius 2 is 2.25 bits per heavy atom. The molecule has 0 saturated carbocycles. The van der Waals surface area contributed by atoms with Gasteiger partial charge in [0.2, 0.25) is 0 Å². The molecule has 2 aromatic rings. The normalized spacial score (nSPS) is 17.6. The third-order valence-corrected chi connectivity index (χ3v) is 4.23. The quantitative estimate of drug-likeness (QED) is 0.938. The van der Waals surface area contributed by atoms with Gasteiger partial charge in [-0.3, -0.25) is 9.78 Å². The van der Waals surface area contributed by atoms with E-state index in [2.05, 4.69) is 17.2 Å². The maximum absolute atomic E-state index is 12.7. The van der Waals surface area contributed by atoms with E-state index in [1.807, 2.05) is 48.2 Å². The molecule has 0 radical (unpaired) electrons. The van der Waals surface area contributed by atoms with Gasteiger partial charge in [0.15, 0.2) is 0 Å². The molecule has 24 heavy (non-hydrogen) atoms. The molecule has 1 unspecified atom stereocenters. The summed E-state index contributed by atoms with van der Waals surface area (Å²) in [5.74, 6) is 0.816. The summed E-state index contributed by atoms with van der Waals surface area (Å²) in [5.41, 5.74) is 2.65.